The van der Waals surface area contributed by atoms with E-state index in [9.17, 15) is 9.59 Å². The van der Waals surface area contributed by atoms with Crippen molar-refractivity contribution in [1.29, 1.82) is 0 Å². The van der Waals surface area contributed by atoms with Crippen LogP contribution in [0.1, 0.15) is 58.8 Å². The van der Waals surface area contributed by atoms with E-state index in [4.69, 9.17) is 0 Å². The Bertz CT molecular complexity index is 1020. The second-order valence-electron chi connectivity index (χ2n) is 7.01. The maximum Gasteiger partial charge on any atom is 0.261 e. The highest BCUT2D eigenvalue weighted by Gasteiger charge is 2.35. The smallest absolute Gasteiger partial charge is 0.261 e. The first-order valence-corrected chi connectivity index (χ1v) is 9.02. The van der Waals surface area contributed by atoms with E-state index < -0.39 is 0 Å². The van der Waals surface area contributed by atoms with E-state index in [-0.39, 0.29) is 29.0 Å². The lowest BCUT2D eigenvalue weighted by molar-refractivity contribution is 0.0688. The number of fused-ring (bicyclic) bond motifs is 1. The summed E-state index contributed by atoms with van der Waals surface area (Å²) >= 11 is 0. The summed E-state index contributed by atoms with van der Waals surface area (Å²) < 4.78 is 0. The number of rotatable bonds is 3. The number of nitrogens with one attached hydrogen (secondary N) is 2. The number of pyridine rings is 2. The van der Waals surface area contributed by atoms with Gasteiger partial charge in [0.1, 0.15) is 11.6 Å². The minimum Gasteiger partial charge on any atom is -0.348 e. The van der Waals surface area contributed by atoms with Crippen LogP contribution in [0.4, 0.5) is 0 Å². The van der Waals surface area contributed by atoms with Gasteiger partial charge >= 0.3 is 0 Å². The number of hydrogen-bond donors (Lipinski definition) is 2. The predicted octanol–water partition coefficient (Wildman–Crippen LogP) is 2.40. The zero-order valence-electron chi connectivity index (χ0n) is 15.3. The van der Waals surface area contributed by atoms with Gasteiger partial charge in [0.15, 0.2) is 0 Å². The molecule has 0 saturated heterocycles. The lowest BCUT2D eigenvalue weighted by atomic mass is 9.96. The molecule has 7 heteroatoms. The van der Waals surface area contributed by atoms with Crippen LogP contribution < -0.4 is 5.56 Å². The Morgan fingerprint density at radius 2 is 2.15 bits per heavy atom. The first kappa shape index (κ1) is 17.2. The summed E-state index contributed by atoms with van der Waals surface area (Å²) in [6.45, 7) is 4.49. The molecule has 1 atom stereocenters. The first-order valence-electron chi connectivity index (χ1n) is 9.02. The molecule has 0 aromatic carbocycles. The molecule has 1 amide bonds. The molecule has 3 aromatic rings. The second kappa shape index (κ2) is 6.83. The molecule has 0 radical (unpaired) electrons. The van der Waals surface area contributed by atoms with Gasteiger partial charge in [0, 0.05) is 36.7 Å². The number of aromatic nitrogens is 4. The van der Waals surface area contributed by atoms with Crippen LogP contribution >= 0.6 is 0 Å². The molecule has 4 rings (SSSR count). The first-order chi connectivity index (χ1) is 13.1. The van der Waals surface area contributed by atoms with Crippen molar-refractivity contribution in [2.45, 2.75) is 32.2 Å². The Labute approximate surface area is 156 Å². The van der Waals surface area contributed by atoms with Gasteiger partial charge in [0.25, 0.3) is 11.5 Å². The zero-order chi connectivity index (χ0) is 19.0. The third kappa shape index (κ3) is 3.05. The van der Waals surface area contributed by atoms with Crippen LogP contribution in [0.25, 0.3) is 0 Å². The number of carbonyl (C=O) groups excluding carboxylic acids is 1. The molecule has 4 heterocycles. The summed E-state index contributed by atoms with van der Waals surface area (Å²) in [4.78, 5) is 42.1. The van der Waals surface area contributed by atoms with Crippen LogP contribution in [0.2, 0.25) is 0 Å². The van der Waals surface area contributed by atoms with Crippen molar-refractivity contribution >= 4 is 5.91 Å². The van der Waals surface area contributed by atoms with Crippen LogP contribution in [-0.4, -0.2) is 37.3 Å². The van der Waals surface area contributed by atoms with Gasteiger partial charge in [-0.05, 0) is 29.7 Å². The summed E-state index contributed by atoms with van der Waals surface area (Å²) in [7, 11) is 0. The predicted molar refractivity (Wildman–Crippen MR) is 101 cm³/mol. The lowest BCUT2D eigenvalue weighted by Gasteiger charge is -2.35. The van der Waals surface area contributed by atoms with Gasteiger partial charge in [0.05, 0.1) is 12.0 Å². The highest BCUT2D eigenvalue weighted by atomic mass is 16.2. The summed E-state index contributed by atoms with van der Waals surface area (Å²) in [5, 5.41) is 0. The number of carbonyl (C=O) groups is 1. The third-order valence-electron chi connectivity index (χ3n) is 4.97. The fourth-order valence-electron chi connectivity index (χ4n) is 3.52. The number of amides is 1. The van der Waals surface area contributed by atoms with Crippen molar-refractivity contribution in [3.8, 4) is 0 Å². The number of aromatic amines is 2. The molecule has 0 saturated carbocycles. The van der Waals surface area contributed by atoms with Crippen molar-refractivity contribution in [3.05, 3.63) is 81.5 Å². The maximum absolute atomic E-state index is 13.3. The summed E-state index contributed by atoms with van der Waals surface area (Å²) in [6.07, 6.45) is 5.74. The average Bonchev–Trinajstić information content (AvgIpc) is 3.16. The number of imidazole rings is 1. The SMILES string of the molecule is CC(C)c1ccc(C(=O)N2CCc3[nH]cnc3C2c2cccnc2)c(=O)[nH]1. The Morgan fingerprint density at radius 1 is 1.30 bits per heavy atom. The van der Waals surface area contributed by atoms with Crippen molar-refractivity contribution in [3.63, 3.8) is 0 Å². The van der Waals surface area contributed by atoms with Gasteiger partial charge in [-0.2, -0.15) is 0 Å². The van der Waals surface area contributed by atoms with E-state index >= 15 is 0 Å². The van der Waals surface area contributed by atoms with Gasteiger partial charge < -0.3 is 14.9 Å². The van der Waals surface area contributed by atoms with Gasteiger partial charge in [-0.1, -0.05) is 19.9 Å². The highest BCUT2D eigenvalue weighted by Crippen LogP contribution is 2.33. The van der Waals surface area contributed by atoms with E-state index in [0.717, 1.165) is 22.6 Å². The van der Waals surface area contributed by atoms with E-state index in [0.29, 0.717) is 13.0 Å². The van der Waals surface area contributed by atoms with Crippen molar-refractivity contribution in [1.82, 2.24) is 24.8 Å². The van der Waals surface area contributed by atoms with E-state index in [1.807, 2.05) is 32.0 Å². The Morgan fingerprint density at radius 3 is 2.85 bits per heavy atom. The van der Waals surface area contributed by atoms with Gasteiger partial charge in [0.2, 0.25) is 0 Å². The van der Waals surface area contributed by atoms with Crippen LogP contribution in [0.5, 0.6) is 0 Å². The molecule has 138 valence electrons. The molecule has 0 fully saturated rings. The van der Waals surface area contributed by atoms with E-state index in [1.54, 1.807) is 29.7 Å². The number of hydrogen-bond acceptors (Lipinski definition) is 4. The molecule has 7 nitrogen and oxygen atoms in total. The Balaban J connectivity index is 1.76. The minimum absolute atomic E-state index is 0.146. The third-order valence-corrected chi connectivity index (χ3v) is 4.97. The Hall–Kier alpha value is -3.22. The second-order valence-corrected chi connectivity index (χ2v) is 7.01. The minimum atomic E-state index is -0.370. The maximum atomic E-state index is 13.3. The molecular weight excluding hydrogens is 342 g/mol. The molecule has 1 aliphatic rings. The summed E-state index contributed by atoms with van der Waals surface area (Å²) in [5.41, 5.74) is 3.29. The fourth-order valence-corrected chi connectivity index (χ4v) is 3.52. The highest BCUT2D eigenvalue weighted by molar-refractivity contribution is 5.94. The molecule has 1 aliphatic heterocycles. The molecule has 0 bridgehead atoms. The largest absolute Gasteiger partial charge is 0.348 e. The van der Waals surface area contributed by atoms with Gasteiger partial charge in [-0.25, -0.2) is 4.98 Å². The quantitative estimate of drug-likeness (QED) is 0.747. The summed E-state index contributed by atoms with van der Waals surface area (Å²) in [6, 6.07) is 6.82. The summed E-state index contributed by atoms with van der Waals surface area (Å²) in [5.74, 6) is -0.111. The van der Waals surface area contributed by atoms with E-state index in [2.05, 4.69) is 19.9 Å². The lowest BCUT2D eigenvalue weighted by Crippen LogP contribution is -2.42. The van der Waals surface area contributed by atoms with E-state index in [1.165, 1.54) is 0 Å². The molecule has 1 unspecified atom stereocenters. The fraction of sp³-hybridized carbons (Fsp3) is 0.300. The topological polar surface area (TPSA) is 94.7 Å². The molecule has 0 aliphatic carbocycles. The standard InChI is InChI=1S/C20H21N5O2/c1-12(2)15-6-5-14(19(26)24-15)20(27)25-9-7-16-17(23-11-22-16)18(25)13-4-3-8-21-10-13/h3-6,8,10-12,18H,7,9H2,1-2H3,(H,22,23)(H,24,26). The van der Waals surface area contributed by atoms with Crippen LogP contribution in [0, 0.1) is 0 Å². The average molecular weight is 363 g/mol. The normalized spacial score (nSPS) is 16.4. The van der Waals surface area contributed by atoms with Gasteiger partial charge in [-0.3, -0.25) is 14.6 Å². The zero-order valence-corrected chi connectivity index (χ0v) is 15.3. The monoisotopic (exact) mass is 363 g/mol. The molecule has 2 N–H and O–H groups in total. The van der Waals surface area contributed by atoms with Crippen LogP contribution in [-0.2, 0) is 6.42 Å². The Kier molecular flexibility index (Phi) is 4.35. The van der Waals surface area contributed by atoms with Crippen molar-refractivity contribution < 1.29 is 4.79 Å². The number of H-pyrrole nitrogens is 2. The van der Waals surface area contributed by atoms with Crippen LogP contribution in [0.15, 0.2) is 47.8 Å². The van der Waals surface area contributed by atoms with Crippen molar-refractivity contribution in [2.24, 2.45) is 0 Å². The molecule has 27 heavy (non-hydrogen) atoms. The van der Waals surface area contributed by atoms with Crippen LogP contribution in [0.3, 0.4) is 0 Å². The molecule has 3 aromatic heterocycles. The van der Waals surface area contributed by atoms with Gasteiger partial charge in [-0.15, -0.1) is 0 Å². The molecular formula is C20H21N5O2. The number of nitrogens with zero attached hydrogens (tertiary/aromatic N) is 3. The van der Waals surface area contributed by atoms with Crippen molar-refractivity contribution in [2.75, 3.05) is 6.54 Å². The molecule has 0 spiro atoms.